The maximum Gasteiger partial charge on any atom is 0.264 e. The van der Waals surface area contributed by atoms with Gasteiger partial charge in [-0.2, -0.15) is 0 Å². The molecule has 2 aliphatic heterocycles. The quantitative estimate of drug-likeness (QED) is 0.762. The van der Waals surface area contributed by atoms with Crippen molar-refractivity contribution in [2.45, 2.75) is 12.8 Å². The number of carbonyl (C=O) groups is 1. The molecule has 6 nitrogen and oxygen atoms in total. The first kappa shape index (κ1) is 16.8. The number of piperazine rings is 1. The molecule has 2 aliphatic rings. The van der Waals surface area contributed by atoms with Crippen LogP contribution in [0.4, 0.5) is 11.6 Å². The van der Waals surface area contributed by atoms with E-state index >= 15 is 0 Å². The van der Waals surface area contributed by atoms with Crippen LogP contribution in [0.1, 0.15) is 22.5 Å². The molecule has 4 heterocycles. The van der Waals surface area contributed by atoms with Crippen LogP contribution in [0.2, 0.25) is 0 Å². The first-order chi connectivity index (χ1) is 12.2. The first-order valence-electron chi connectivity index (χ1n) is 8.56. The molecule has 0 spiro atoms. The van der Waals surface area contributed by atoms with Crippen LogP contribution in [0.5, 0.6) is 0 Å². The third kappa shape index (κ3) is 3.64. The molecule has 2 saturated heterocycles. The first-order valence-corrected chi connectivity index (χ1v) is 10.2. The van der Waals surface area contributed by atoms with Crippen LogP contribution in [0.15, 0.2) is 28.3 Å². The molecule has 25 heavy (non-hydrogen) atoms. The Hall–Kier alpha value is -1.67. The van der Waals surface area contributed by atoms with E-state index in [1.165, 1.54) is 24.2 Å². The van der Waals surface area contributed by atoms with E-state index in [2.05, 4.69) is 41.8 Å². The molecule has 2 aromatic heterocycles. The second kappa shape index (κ2) is 7.29. The molecule has 132 valence electrons. The maximum absolute atomic E-state index is 12.5. The molecule has 0 atom stereocenters. The lowest BCUT2D eigenvalue weighted by molar-refractivity contribution is 0.0751. The highest BCUT2D eigenvalue weighted by Crippen LogP contribution is 2.24. The molecule has 2 fully saturated rings. The number of halogens is 1. The van der Waals surface area contributed by atoms with Gasteiger partial charge in [-0.1, -0.05) is 0 Å². The van der Waals surface area contributed by atoms with Gasteiger partial charge in [0.25, 0.3) is 5.91 Å². The van der Waals surface area contributed by atoms with E-state index in [0.717, 1.165) is 60.3 Å². The highest BCUT2D eigenvalue weighted by Gasteiger charge is 2.24. The predicted octanol–water partition coefficient (Wildman–Crippen LogP) is 2.86. The van der Waals surface area contributed by atoms with Gasteiger partial charge in [0.2, 0.25) is 0 Å². The lowest BCUT2D eigenvalue weighted by Crippen LogP contribution is -2.49. The van der Waals surface area contributed by atoms with E-state index in [4.69, 9.17) is 0 Å². The van der Waals surface area contributed by atoms with Crippen LogP contribution in [0.3, 0.4) is 0 Å². The Balaban J connectivity index is 1.40. The van der Waals surface area contributed by atoms with E-state index in [1.807, 2.05) is 16.3 Å². The number of rotatable bonds is 3. The minimum absolute atomic E-state index is 0.121. The largest absolute Gasteiger partial charge is 0.356 e. The SMILES string of the molecule is O=C(c1cc(Br)cs1)N1CCN(c2cc(N3CCCC3)ncn2)CC1. The van der Waals surface area contributed by atoms with Crippen LogP contribution in [-0.2, 0) is 0 Å². The van der Waals surface area contributed by atoms with E-state index in [0.29, 0.717) is 0 Å². The average molecular weight is 422 g/mol. The van der Waals surface area contributed by atoms with Crippen molar-refractivity contribution in [1.82, 2.24) is 14.9 Å². The Morgan fingerprint density at radius 2 is 1.60 bits per heavy atom. The lowest BCUT2D eigenvalue weighted by Gasteiger charge is -2.35. The summed E-state index contributed by atoms with van der Waals surface area (Å²) in [5.74, 6) is 2.10. The summed E-state index contributed by atoms with van der Waals surface area (Å²) in [6, 6.07) is 3.98. The molecular weight excluding hydrogens is 402 g/mol. The molecule has 0 radical (unpaired) electrons. The smallest absolute Gasteiger partial charge is 0.264 e. The second-order valence-electron chi connectivity index (χ2n) is 6.34. The Morgan fingerprint density at radius 1 is 0.960 bits per heavy atom. The van der Waals surface area contributed by atoms with Crippen molar-refractivity contribution in [1.29, 1.82) is 0 Å². The monoisotopic (exact) mass is 421 g/mol. The van der Waals surface area contributed by atoms with Gasteiger partial charge in [0.05, 0.1) is 4.88 Å². The molecule has 0 saturated carbocycles. The summed E-state index contributed by atoms with van der Waals surface area (Å²) in [5, 5.41) is 1.95. The van der Waals surface area contributed by atoms with Gasteiger partial charge in [0.15, 0.2) is 0 Å². The fourth-order valence-electron chi connectivity index (χ4n) is 3.35. The van der Waals surface area contributed by atoms with Crippen molar-refractivity contribution < 1.29 is 4.79 Å². The molecule has 2 aromatic rings. The molecule has 0 aromatic carbocycles. The van der Waals surface area contributed by atoms with Crippen molar-refractivity contribution >= 4 is 44.8 Å². The molecule has 0 aliphatic carbocycles. The third-order valence-electron chi connectivity index (χ3n) is 4.74. The normalized spacial score (nSPS) is 18.0. The fraction of sp³-hybridized carbons (Fsp3) is 0.471. The van der Waals surface area contributed by atoms with Crippen molar-refractivity contribution in [2.75, 3.05) is 49.1 Å². The number of hydrogen-bond acceptors (Lipinski definition) is 6. The Kier molecular flexibility index (Phi) is 4.89. The molecule has 4 rings (SSSR count). The van der Waals surface area contributed by atoms with Gasteiger partial charge in [-0.15, -0.1) is 11.3 Å². The Morgan fingerprint density at radius 3 is 2.20 bits per heavy atom. The van der Waals surface area contributed by atoms with E-state index in [-0.39, 0.29) is 5.91 Å². The van der Waals surface area contributed by atoms with Gasteiger partial charge in [-0.25, -0.2) is 9.97 Å². The number of aromatic nitrogens is 2. The zero-order valence-electron chi connectivity index (χ0n) is 13.9. The summed E-state index contributed by atoms with van der Waals surface area (Å²) in [4.78, 5) is 28.7. The number of anilines is 2. The second-order valence-corrected chi connectivity index (χ2v) is 8.16. The minimum atomic E-state index is 0.121. The van der Waals surface area contributed by atoms with Gasteiger partial charge in [-0.05, 0) is 34.8 Å². The average Bonchev–Trinajstić information content (AvgIpc) is 3.33. The van der Waals surface area contributed by atoms with Crippen LogP contribution in [-0.4, -0.2) is 60.0 Å². The Labute approximate surface area is 159 Å². The van der Waals surface area contributed by atoms with Gasteiger partial charge >= 0.3 is 0 Å². The molecular formula is C17H20BrN5OS. The molecule has 1 amide bonds. The molecule has 0 bridgehead atoms. The third-order valence-corrected chi connectivity index (χ3v) is 6.42. The van der Waals surface area contributed by atoms with Crippen LogP contribution >= 0.6 is 27.3 Å². The highest BCUT2D eigenvalue weighted by molar-refractivity contribution is 9.10. The Bertz CT molecular complexity index is 753. The maximum atomic E-state index is 12.5. The number of amides is 1. The predicted molar refractivity (Wildman–Crippen MR) is 104 cm³/mol. The van der Waals surface area contributed by atoms with Crippen LogP contribution in [0.25, 0.3) is 0 Å². The summed E-state index contributed by atoms with van der Waals surface area (Å²) < 4.78 is 0.968. The van der Waals surface area contributed by atoms with Gasteiger partial charge in [0.1, 0.15) is 18.0 Å². The summed E-state index contributed by atoms with van der Waals surface area (Å²) in [6.45, 7) is 5.20. The van der Waals surface area contributed by atoms with E-state index in [9.17, 15) is 4.79 Å². The van der Waals surface area contributed by atoms with E-state index in [1.54, 1.807) is 6.33 Å². The zero-order chi connectivity index (χ0) is 17.2. The minimum Gasteiger partial charge on any atom is -0.356 e. The van der Waals surface area contributed by atoms with Crippen LogP contribution < -0.4 is 9.80 Å². The lowest BCUT2D eigenvalue weighted by atomic mass is 10.3. The molecule has 8 heteroatoms. The van der Waals surface area contributed by atoms with Crippen molar-refractivity contribution in [2.24, 2.45) is 0 Å². The fourth-order valence-corrected chi connectivity index (χ4v) is 4.74. The van der Waals surface area contributed by atoms with Gasteiger partial charge in [-0.3, -0.25) is 4.79 Å². The summed E-state index contributed by atoms with van der Waals surface area (Å²) >= 11 is 4.90. The number of nitrogens with zero attached hydrogens (tertiary/aromatic N) is 5. The molecule has 0 N–H and O–H groups in total. The van der Waals surface area contributed by atoms with Crippen molar-refractivity contribution in [3.05, 3.63) is 33.2 Å². The van der Waals surface area contributed by atoms with Gasteiger partial charge < -0.3 is 14.7 Å². The number of carbonyl (C=O) groups excluding carboxylic acids is 1. The van der Waals surface area contributed by atoms with Crippen LogP contribution in [0, 0.1) is 0 Å². The van der Waals surface area contributed by atoms with Crippen molar-refractivity contribution in [3.63, 3.8) is 0 Å². The van der Waals surface area contributed by atoms with Gasteiger partial charge in [0, 0.05) is 55.2 Å². The topological polar surface area (TPSA) is 52.6 Å². The van der Waals surface area contributed by atoms with E-state index < -0.39 is 0 Å². The number of hydrogen-bond donors (Lipinski definition) is 0. The molecule has 0 unspecified atom stereocenters. The highest BCUT2D eigenvalue weighted by atomic mass is 79.9. The summed E-state index contributed by atoms with van der Waals surface area (Å²) in [7, 11) is 0. The van der Waals surface area contributed by atoms with Crippen molar-refractivity contribution in [3.8, 4) is 0 Å². The zero-order valence-corrected chi connectivity index (χ0v) is 16.3. The summed E-state index contributed by atoms with van der Waals surface area (Å²) in [5.41, 5.74) is 0. The summed E-state index contributed by atoms with van der Waals surface area (Å²) in [6.07, 6.45) is 4.13. The standard InChI is InChI=1S/C17H20BrN5OS/c18-13-9-14(25-11-13)17(24)23-7-5-22(6-8-23)16-10-15(19-12-20-16)21-3-1-2-4-21/h9-12H,1-8H2. The number of thiophene rings is 1.